The van der Waals surface area contributed by atoms with Gasteiger partial charge in [0.15, 0.2) is 11.0 Å². The van der Waals surface area contributed by atoms with E-state index >= 15 is 0 Å². The van der Waals surface area contributed by atoms with E-state index in [1.165, 1.54) is 20.3 Å². The first-order valence-electron chi connectivity index (χ1n) is 6.30. The van der Waals surface area contributed by atoms with Gasteiger partial charge in [-0.3, -0.25) is 9.54 Å². The monoisotopic (exact) mass is 359 g/mol. The molecule has 0 amide bonds. The average molecular weight is 360 g/mol. The summed E-state index contributed by atoms with van der Waals surface area (Å²) in [6.07, 6.45) is 0.985. The van der Waals surface area contributed by atoms with Crippen molar-refractivity contribution in [3.8, 4) is 28.5 Å². The lowest BCUT2D eigenvalue weighted by Gasteiger charge is -2.14. The van der Waals surface area contributed by atoms with Crippen LogP contribution in [0.15, 0.2) is 35.4 Å². The maximum absolute atomic E-state index is 11.4. The van der Waals surface area contributed by atoms with Gasteiger partial charge in [0.25, 0.3) is 10.1 Å². The van der Waals surface area contributed by atoms with Crippen molar-refractivity contribution in [3.63, 3.8) is 0 Å². The SMILES string of the molecule is COc1cccc(OC)c1-c1cc(OCCl)c(S(=O)(=O)O)cn1. The lowest BCUT2D eigenvalue weighted by Crippen LogP contribution is -2.04. The van der Waals surface area contributed by atoms with Crippen LogP contribution in [0, 0.1) is 0 Å². The van der Waals surface area contributed by atoms with Gasteiger partial charge in [-0.2, -0.15) is 8.42 Å². The largest absolute Gasteiger partial charge is 0.496 e. The van der Waals surface area contributed by atoms with Gasteiger partial charge in [0, 0.05) is 6.07 Å². The fourth-order valence-corrected chi connectivity index (χ4v) is 2.71. The van der Waals surface area contributed by atoms with Crippen LogP contribution in [0.1, 0.15) is 0 Å². The fourth-order valence-electron chi connectivity index (χ4n) is 2.03. The highest BCUT2D eigenvalue weighted by Crippen LogP contribution is 2.39. The van der Waals surface area contributed by atoms with E-state index < -0.39 is 15.0 Å². The highest BCUT2D eigenvalue weighted by molar-refractivity contribution is 7.86. The van der Waals surface area contributed by atoms with Crippen LogP contribution in [0.25, 0.3) is 11.3 Å². The molecule has 124 valence electrons. The van der Waals surface area contributed by atoms with E-state index in [-0.39, 0.29) is 11.8 Å². The van der Waals surface area contributed by atoms with Gasteiger partial charge < -0.3 is 14.2 Å². The molecule has 0 bridgehead atoms. The van der Waals surface area contributed by atoms with Gasteiger partial charge in [0.05, 0.1) is 31.7 Å². The maximum atomic E-state index is 11.4. The Labute approximate surface area is 138 Å². The van der Waals surface area contributed by atoms with Crippen LogP contribution in [0.2, 0.25) is 0 Å². The Balaban J connectivity index is 2.69. The zero-order chi connectivity index (χ0) is 17.0. The van der Waals surface area contributed by atoms with Gasteiger partial charge >= 0.3 is 0 Å². The van der Waals surface area contributed by atoms with Crippen LogP contribution in [0.3, 0.4) is 0 Å². The number of methoxy groups -OCH3 is 2. The predicted molar refractivity (Wildman–Crippen MR) is 83.9 cm³/mol. The molecule has 0 saturated carbocycles. The van der Waals surface area contributed by atoms with Crippen molar-refractivity contribution in [1.29, 1.82) is 0 Å². The predicted octanol–water partition coefficient (Wildman–Crippen LogP) is 2.59. The summed E-state index contributed by atoms with van der Waals surface area (Å²) in [5.41, 5.74) is 0.852. The summed E-state index contributed by atoms with van der Waals surface area (Å²) >= 11 is 5.51. The molecule has 0 atom stereocenters. The van der Waals surface area contributed by atoms with E-state index in [4.69, 9.17) is 25.8 Å². The minimum atomic E-state index is -4.49. The Morgan fingerprint density at radius 3 is 2.26 bits per heavy atom. The molecule has 1 aromatic heterocycles. The van der Waals surface area contributed by atoms with Crippen molar-refractivity contribution < 1.29 is 27.2 Å². The number of hydrogen-bond donors (Lipinski definition) is 1. The quantitative estimate of drug-likeness (QED) is 0.625. The summed E-state index contributed by atoms with van der Waals surface area (Å²) in [6.45, 7) is 0. The lowest BCUT2D eigenvalue weighted by molar-refractivity contribution is 0.372. The summed E-state index contributed by atoms with van der Waals surface area (Å²) in [4.78, 5) is 3.58. The number of pyridine rings is 1. The molecule has 23 heavy (non-hydrogen) atoms. The van der Waals surface area contributed by atoms with Crippen molar-refractivity contribution in [1.82, 2.24) is 4.98 Å². The fraction of sp³-hybridized carbons (Fsp3) is 0.214. The summed E-state index contributed by atoms with van der Waals surface area (Å²) in [7, 11) is -1.52. The van der Waals surface area contributed by atoms with Gasteiger partial charge in [0.1, 0.15) is 17.2 Å². The van der Waals surface area contributed by atoms with Crippen LogP contribution in [-0.4, -0.2) is 38.2 Å². The molecule has 2 rings (SSSR count). The molecule has 9 heteroatoms. The topological polar surface area (TPSA) is 95.0 Å². The van der Waals surface area contributed by atoms with E-state index in [9.17, 15) is 13.0 Å². The summed E-state index contributed by atoms with van der Waals surface area (Å²) in [5.74, 6) is 0.835. The van der Waals surface area contributed by atoms with Crippen molar-refractivity contribution in [2.75, 3.05) is 20.3 Å². The first-order valence-corrected chi connectivity index (χ1v) is 8.27. The van der Waals surface area contributed by atoms with Gasteiger partial charge in [-0.25, -0.2) is 0 Å². The third-order valence-corrected chi connectivity index (χ3v) is 3.97. The molecular weight excluding hydrogens is 346 g/mol. The Kier molecular flexibility index (Phi) is 5.30. The number of rotatable bonds is 6. The van der Waals surface area contributed by atoms with Crippen LogP contribution in [-0.2, 0) is 10.1 Å². The van der Waals surface area contributed by atoms with Gasteiger partial charge in [-0.05, 0) is 12.1 Å². The Morgan fingerprint density at radius 2 is 1.78 bits per heavy atom. The minimum absolute atomic E-state index is 0.125. The number of benzene rings is 1. The highest BCUT2D eigenvalue weighted by atomic mass is 35.5. The molecule has 0 aliphatic carbocycles. The second-order valence-corrected chi connectivity index (χ2v) is 5.89. The molecule has 0 radical (unpaired) electrons. The first kappa shape index (κ1) is 17.3. The minimum Gasteiger partial charge on any atom is -0.496 e. The molecule has 1 N–H and O–H groups in total. The Hall–Kier alpha value is -2.03. The Bertz CT molecular complexity index is 787. The summed E-state index contributed by atoms with van der Waals surface area (Å²) in [5, 5.41) is 0. The summed E-state index contributed by atoms with van der Waals surface area (Å²) in [6, 6.07) is 6.20. The molecule has 0 saturated heterocycles. The summed E-state index contributed by atoms with van der Waals surface area (Å²) < 4.78 is 47.6. The standard InChI is InChI=1S/C14H14ClNO6S/c1-20-10-4-3-5-11(21-2)14(10)9-6-12(22-8-15)13(7-16-9)23(17,18)19/h3-7H,8H2,1-2H3,(H,17,18,19). The molecular formula is C14H14ClNO6S. The van der Waals surface area contributed by atoms with E-state index in [1.807, 2.05) is 0 Å². The molecule has 7 nitrogen and oxygen atoms in total. The van der Waals surface area contributed by atoms with Gasteiger partial charge in [-0.15, -0.1) is 0 Å². The van der Waals surface area contributed by atoms with Crippen molar-refractivity contribution in [2.45, 2.75) is 4.90 Å². The van der Waals surface area contributed by atoms with Gasteiger partial charge in [-0.1, -0.05) is 17.7 Å². The molecule has 0 aliphatic rings. The normalized spacial score (nSPS) is 11.1. The third kappa shape index (κ3) is 3.66. The number of aromatic nitrogens is 1. The van der Waals surface area contributed by atoms with Crippen LogP contribution in [0.4, 0.5) is 0 Å². The van der Waals surface area contributed by atoms with Crippen molar-refractivity contribution >= 4 is 21.7 Å². The van der Waals surface area contributed by atoms with Crippen molar-refractivity contribution in [3.05, 3.63) is 30.5 Å². The van der Waals surface area contributed by atoms with E-state index in [2.05, 4.69) is 4.98 Å². The van der Waals surface area contributed by atoms with Crippen LogP contribution >= 0.6 is 11.6 Å². The zero-order valence-electron chi connectivity index (χ0n) is 12.3. The lowest BCUT2D eigenvalue weighted by atomic mass is 10.1. The Morgan fingerprint density at radius 1 is 1.17 bits per heavy atom. The van der Waals surface area contributed by atoms with Crippen molar-refractivity contribution in [2.24, 2.45) is 0 Å². The number of ether oxygens (including phenoxy) is 3. The average Bonchev–Trinajstić information content (AvgIpc) is 2.53. The number of hydrogen-bond acceptors (Lipinski definition) is 6. The maximum Gasteiger partial charge on any atom is 0.299 e. The van der Waals surface area contributed by atoms with E-state index in [0.717, 1.165) is 6.20 Å². The molecule has 0 spiro atoms. The molecule has 1 heterocycles. The van der Waals surface area contributed by atoms with E-state index in [1.54, 1.807) is 18.2 Å². The molecule has 1 aromatic carbocycles. The van der Waals surface area contributed by atoms with Gasteiger partial charge in [0.2, 0.25) is 0 Å². The molecule has 0 unspecified atom stereocenters. The highest BCUT2D eigenvalue weighted by Gasteiger charge is 2.21. The number of halogens is 1. The molecule has 2 aromatic rings. The number of nitrogens with zero attached hydrogens (tertiary/aromatic N) is 1. The smallest absolute Gasteiger partial charge is 0.299 e. The second-order valence-electron chi connectivity index (χ2n) is 4.28. The third-order valence-electron chi connectivity index (χ3n) is 3.00. The van der Waals surface area contributed by atoms with E-state index in [0.29, 0.717) is 22.8 Å². The molecule has 0 aliphatic heterocycles. The number of alkyl halides is 1. The van der Waals surface area contributed by atoms with Crippen LogP contribution in [0.5, 0.6) is 17.2 Å². The zero-order valence-corrected chi connectivity index (χ0v) is 13.9. The second kappa shape index (κ2) is 7.03. The van der Waals surface area contributed by atoms with Crippen LogP contribution < -0.4 is 14.2 Å². The molecule has 0 fully saturated rings. The first-order chi connectivity index (χ1) is 10.9.